The molecule has 2 nitrogen and oxygen atoms in total. The van der Waals surface area contributed by atoms with Gasteiger partial charge in [0, 0.05) is 13.1 Å². The molecule has 1 aliphatic rings. The van der Waals surface area contributed by atoms with Crippen LogP contribution in [0.25, 0.3) is 0 Å². The van der Waals surface area contributed by atoms with E-state index in [1.165, 1.54) is 19.3 Å². The highest BCUT2D eigenvalue weighted by molar-refractivity contribution is 9.10. The molecule has 0 aromatic carbocycles. The predicted molar refractivity (Wildman–Crippen MR) is 53.4 cm³/mol. The smallest absolute Gasteiger partial charge is 0.236 e. The molecule has 0 bridgehead atoms. The first kappa shape index (κ1) is 10.0. The van der Waals surface area contributed by atoms with Crippen LogP contribution in [0.3, 0.4) is 0 Å². The molecule has 0 N–H and O–H groups in total. The number of likely N-dealkylation sites (tertiary alicyclic amines) is 1. The lowest BCUT2D eigenvalue weighted by atomic mass is 10.1. The van der Waals surface area contributed by atoms with Crippen molar-refractivity contribution in [2.45, 2.75) is 37.4 Å². The second kappa shape index (κ2) is 4.85. The lowest BCUT2D eigenvalue weighted by Crippen LogP contribution is -2.39. The molecule has 1 fully saturated rings. The van der Waals surface area contributed by atoms with Gasteiger partial charge in [-0.15, -0.1) is 0 Å². The highest BCUT2D eigenvalue weighted by Crippen LogP contribution is 2.14. The van der Waals surface area contributed by atoms with E-state index in [0.29, 0.717) is 0 Å². The van der Waals surface area contributed by atoms with Crippen LogP contribution in [-0.4, -0.2) is 28.7 Å². The molecule has 1 unspecified atom stereocenters. The third-order valence-corrected chi connectivity index (χ3v) is 3.33. The Labute approximate surface area is 82.4 Å². The maximum Gasteiger partial charge on any atom is 0.236 e. The summed E-state index contributed by atoms with van der Waals surface area (Å²) < 4.78 is 0. The minimum absolute atomic E-state index is 0.0376. The monoisotopic (exact) mass is 233 g/mol. The van der Waals surface area contributed by atoms with Gasteiger partial charge in [0.1, 0.15) is 0 Å². The number of carbonyl (C=O) groups is 1. The van der Waals surface area contributed by atoms with E-state index >= 15 is 0 Å². The molecule has 0 aromatic rings. The summed E-state index contributed by atoms with van der Waals surface area (Å²) >= 11 is 3.39. The van der Waals surface area contributed by atoms with E-state index in [1.54, 1.807) is 0 Å². The van der Waals surface area contributed by atoms with Crippen LogP contribution < -0.4 is 0 Å². The highest BCUT2D eigenvalue weighted by atomic mass is 79.9. The van der Waals surface area contributed by atoms with E-state index in [1.807, 2.05) is 11.8 Å². The SMILES string of the molecule is CCC(Br)C(=O)N1CCCCC1. The molecule has 1 heterocycles. The molecule has 12 heavy (non-hydrogen) atoms. The van der Waals surface area contributed by atoms with Crippen molar-refractivity contribution < 1.29 is 4.79 Å². The topological polar surface area (TPSA) is 20.3 Å². The van der Waals surface area contributed by atoms with Crippen molar-refractivity contribution in [3.8, 4) is 0 Å². The van der Waals surface area contributed by atoms with E-state index in [-0.39, 0.29) is 10.7 Å². The Morgan fingerprint density at radius 1 is 1.42 bits per heavy atom. The van der Waals surface area contributed by atoms with Crippen molar-refractivity contribution in [2.75, 3.05) is 13.1 Å². The summed E-state index contributed by atoms with van der Waals surface area (Å²) in [6, 6.07) is 0. The Bertz CT molecular complexity index is 155. The fourth-order valence-electron chi connectivity index (χ4n) is 1.49. The Morgan fingerprint density at radius 2 is 2.00 bits per heavy atom. The Morgan fingerprint density at radius 3 is 2.50 bits per heavy atom. The van der Waals surface area contributed by atoms with Crippen molar-refractivity contribution in [3.63, 3.8) is 0 Å². The summed E-state index contributed by atoms with van der Waals surface area (Å²) in [5.41, 5.74) is 0. The maximum absolute atomic E-state index is 11.6. The van der Waals surface area contributed by atoms with Crippen LogP contribution in [0.2, 0.25) is 0 Å². The summed E-state index contributed by atoms with van der Waals surface area (Å²) in [5, 5.41) is 0. The average molecular weight is 234 g/mol. The van der Waals surface area contributed by atoms with Crippen LogP contribution in [0.5, 0.6) is 0 Å². The zero-order valence-corrected chi connectivity index (χ0v) is 9.14. The van der Waals surface area contributed by atoms with Gasteiger partial charge in [0.25, 0.3) is 0 Å². The first-order chi connectivity index (χ1) is 5.75. The minimum atomic E-state index is 0.0376. The summed E-state index contributed by atoms with van der Waals surface area (Å²) in [5.74, 6) is 0.275. The van der Waals surface area contributed by atoms with Crippen LogP contribution in [0.4, 0.5) is 0 Å². The number of hydrogen-bond acceptors (Lipinski definition) is 1. The Hall–Kier alpha value is -0.0500. The lowest BCUT2D eigenvalue weighted by molar-refractivity contribution is -0.131. The van der Waals surface area contributed by atoms with Gasteiger partial charge in [-0.05, 0) is 25.7 Å². The number of rotatable bonds is 2. The first-order valence-corrected chi connectivity index (χ1v) is 5.60. The van der Waals surface area contributed by atoms with Crippen molar-refractivity contribution in [3.05, 3.63) is 0 Å². The van der Waals surface area contributed by atoms with Gasteiger partial charge < -0.3 is 4.90 Å². The van der Waals surface area contributed by atoms with E-state index in [2.05, 4.69) is 15.9 Å². The normalized spacial score (nSPS) is 20.7. The quantitative estimate of drug-likeness (QED) is 0.670. The molecule has 0 spiro atoms. The van der Waals surface area contributed by atoms with Gasteiger partial charge in [-0.3, -0.25) is 4.79 Å². The maximum atomic E-state index is 11.6. The number of nitrogens with zero attached hydrogens (tertiary/aromatic N) is 1. The van der Waals surface area contributed by atoms with Gasteiger partial charge in [-0.25, -0.2) is 0 Å². The summed E-state index contributed by atoms with van der Waals surface area (Å²) in [6.07, 6.45) is 4.52. The zero-order chi connectivity index (χ0) is 8.97. The second-order valence-electron chi connectivity index (χ2n) is 3.26. The van der Waals surface area contributed by atoms with Gasteiger partial charge in [-0.2, -0.15) is 0 Å². The molecule has 0 aromatic heterocycles. The molecule has 1 aliphatic heterocycles. The second-order valence-corrected chi connectivity index (χ2v) is 4.37. The molecule has 1 atom stereocenters. The van der Waals surface area contributed by atoms with Gasteiger partial charge in [-0.1, -0.05) is 22.9 Å². The van der Waals surface area contributed by atoms with Crippen molar-refractivity contribution >= 4 is 21.8 Å². The number of halogens is 1. The molecule has 70 valence electrons. The van der Waals surface area contributed by atoms with Gasteiger partial charge >= 0.3 is 0 Å². The molecule has 0 radical (unpaired) electrons. The Kier molecular flexibility index (Phi) is 4.06. The molecule has 1 rings (SSSR count). The molecule has 1 saturated heterocycles. The fraction of sp³-hybridized carbons (Fsp3) is 0.889. The predicted octanol–water partition coefficient (Wildman–Crippen LogP) is 2.17. The number of hydrogen-bond donors (Lipinski definition) is 0. The first-order valence-electron chi connectivity index (χ1n) is 4.68. The number of amides is 1. The molecule has 3 heteroatoms. The molecule has 0 aliphatic carbocycles. The van der Waals surface area contributed by atoms with Gasteiger partial charge in [0.05, 0.1) is 4.83 Å². The van der Waals surface area contributed by atoms with Crippen molar-refractivity contribution in [2.24, 2.45) is 0 Å². The summed E-state index contributed by atoms with van der Waals surface area (Å²) in [7, 11) is 0. The largest absolute Gasteiger partial charge is 0.342 e. The third-order valence-electron chi connectivity index (χ3n) is 2.29. The van der Waals surface area contributed by atoms with Crippen LogP contribution >= 0.6 is 15.9 Å². The van der Waals surface area contributed by atoms with E-state index in [0.717, 1.165) is 19.5 Å². The van der Waals surface area contributed by atoms with E-state index in [9.17, 15) is 4.79 Å². The molecular formula is C9H16BrNO. The molecule has 0 saturated carbocycles. The van der Waals surface area contributed by atoms with Gasteiger partial charge in [0.15, 0.2) is 0 Å². The number of carbonyl (C=O) groups excluding carboxylic acids is 1. The van der Waals surface area contributed by atoms with Crippen LogP contribution in [-0.2, 0) is 4.79 Å². The van der Waals surface area contributed by atoms with Crippen LogP contribution in [0.1, 0.15) is 32.6 Å². The summed E-state index contributed by atoms with van der Waals surface area (Å²) in [4.78, 5) is 13.6. The van der Waals surface area contributed by atoms with Crippen molar-refractivity contribution in [1.82, 2.24) is 4.90 Å². The number of piperidine rings is 1. The minimum Gasteiger partial charge on any atom is -0.342 e. The molecular weight excluding hydrogens is 218 g/mol. The fourth-order valence-corrected chi connectivity index (χ4v) is 1.78. The third kappa shape index (κ3) is 2.47. The number of alkyl halides is 1. The zero-order valence-electron chi connectivity index (χ0n) is 7.55. The van der Waals surface area contributed by atoms with Crippen LogP contribution in [0, 0.1) is 0 Å². The standard InChI is InChI=1S/C9H16BrNO/c1-2-8(10)9(12)11-6-4-3-5-7-11/h8H,2-7H2,1H3. The highest BCUT2D eigenvalue weighted by Gasteiger charge is 2.21. The van der Waals surface area contributed by atoms with E-state index in [4.69, 9.17) is 0 Å². The molecule has 1 amide bonds. The summed E-state index contributed by atoms with van der Waals surface area (Å²) in [6.45, 7) is 3.95. The average Bonchev–Trinajstić information content (AvgIpc) is 2.17. The van der Waals surface area contributed by atoms with Crippen molar-refractivity contribution in [1.29, 1.82) is 0 Å². The van der Waals surface area contributed by atoms with E-state index < -0.39 is 0 Å². The van der Waals surface area contributed by atoms with Crippen LogP contribution in [0.15, 0.2) is 0 Å². The van der Waals surface area contributed by atoms with Gasteiger partial charge in [0.2, 0.25) is 5.91 Å². The Balaban J connectivity index is 2.39. The lowest BCUT2D eigenvalue weighted by Gasteiger charge is -2.28.